The first-order valence-electron chi connectivity index (χ1n) is 32.1. The van der Waals surface area contributed by atoms with Crippen molar-refractivity contribution in [1.29, 1.82) is 0 Å². The highest BCUT2D eigenvalue weighted by atomic mass is 16.6. The van der Waals surface area contributed by atoms with Gasteiger partial charge in [0.25, 0.3) is 0 Å². The molecule has 0 fully saturated rings. The summed E-state index contributed by atoms with van der Waals surface area (Å²) >= 11 is 0. The van der Waals surface area contributed by atoms with Gasteiger partial charge in [0.2, 0.25) is 0 Å². The molecule has 0 aromatic carbocycles. The van der Waals surface area contributed by atoms with Gasteiger partial charge in [-0.1, -0.05) is 288 Å². The predicted molar refractivity (Wildman–Crippen MR) is 316 cm³/mol. The van der Waals surface area contributed by atoms with E-state index in [1.54, 1.807) is 0 Å². The highest BCUT2D eigenvalue weighted by molar-refractivity contribution is 5.71. The van der Waals surface area contributed by atoms with Gasteiger partial charge in [0.1, 0.15) is 13.2 Å². The Morgan fingerprint density at radius 2 is 0.493 bits per heavy atom. The normalized spacial score (nSPS) is 12.3. The van der Waals surface area contributed by atoms with Crippen molar-refractivity contribution in [3.05, 3.63) is 48.6 Å². The van der Waals surface area contributed by atoms with Crippen LogP contribution in [0.5, 0.6) is 0 Å². The molecule has 0 rings (SSSR count). The fourth-order valence-electron chi connectivity index (χ4n) is 9.45. The van der Waals surface area contributed by atoms with E-state index in [1.807, 2.05) is 0 Å². The Hall–Kier alpha value is -2.63. The number of rotatable bonds is 59. The molecule has 0 spiro atoms. The molecular weight excluding hydrogens is 901 g/mol. The van der Waals surface area contributed by atoms with Crippen LogP contribution in [0.2, 0.25) is 0 Å². The smallest absolute Gasteiger partial charge is 0.306 e. The minimum absolute atomic E-state index is 0.0712. The van der Waals surface area contributed by atoms with Crippen LogP contribution < -0.4 is 0 Å². The van der Waals surface area contributed by atoms with Gasteiger partial charge in [-0.3, -0.25) is 14.4 Å². The first-order chi connectivity index (χ1) is 36.0. The van der Waals surface area contributed by atoms with E-state index in [-0.39, 0.29) is 31.1 Å². The van der Waals surface area contributed by atoms with Crippen LogP contribution in [-0.4, -0.2) is 37.2 Å². The Morgan fingerprint density at radius 3 is 0.753 bits per heavy atom. The Bertz CT molecular complexity index is 1270. The standard InChI is InChI=1S/C67H122O6/c1-4-7-10-13-15-17-19-21-23-25-27-29-31-32-33-34-36-37-39-41-43-45-47-49-51-54-57-60-66(69)72-63-64(62-71-65(68)59-56-53-12-9-6-3)73-67(70)61-58-55-52-50-48-46-44-42-40-38-35-30-28-26-24-22-20-18-16-14-11-8-5-2/h19-22,25-28,64H,4-18,23-24,29-63H2,1-3H3/b21-19-,22-20-,27-25-,28-26-. The number of esters is 3. The molecule has 6 heteroatoms. The number of unbranched alkanes of at least 4 members (excludes halogenated alkanes) is 40. The third kappa shape index (κ3) is 60.1. The minimum atomic E-state index is -0.770. The van der Waals surface area contributed by atoms with Gasteiger partial charge >= 0.3 is 17.9 Å². The summed E-state index contributed by atoms with van der Waals surface area (Å²) in [6.45, 7) is 6.58. The topological polar surface area (TPSA) is 78.9 Å². The average Bonchev–Trinajstić information content (AvgIpc) is 3.39. The number of hydrogen-bond acceptors (Lipinski definition) is 6. The van der Waals surface area contributed by atoms with Crippen LogP contribution in [0.25, 0.3) is 0 Å². The van der Waals surface area contributed by atoms with E-state index in [9.17, 15) is 14.4 Å². The zero-order chi connectivity index (χ0) is 52.9. The summed E-state index contributed by atoms with van der Waals surface area (Å²) in [4.78, 5) is 37.9. The molecule has 0 aromatic heterocycles. The third-order valence-electron chi connectivity index (χ3n) is 14.3. The molecule has 1 atom stereocenters. The van der Waals surface area contributed by atoms with Gasteiger partial charge in [0, 0.05) is 19.3 Å². The Morgan fingerprint density at radius 1 is 0.274 bits per heavy atom. The minimum Gasteiger partial charge on any atom is -0.462 e. The Balaban J connectivity index is 4.00. The number of hydrogen-bond donors (Lipinski definition) is 0. The highest BCUT2D eigenvalue weighted by Gasteiger charge is 2.19. The summed E-state index contributed by atoms with van der Waals surface area (Å²) in [5.74, 6) is -0.870. The van der Waals surface area contributed by atoms with Crippen molar-refractivity contribution in [2.24, 2.45) is 0 Å². The van der Waals surface area contributed by atoms with E-state index in [4.69, 9.17) is 14.2 Å². The van der Waals surface area contributed by atoms with Gasteiger partial charge in [-0.25, -0.2) is 0 Å². The van der Waals surface area contributed by atoms with Gasteiger partial charge in [-0.05, 0) is 83.5 Å². The zero-order valence-electron chi connectivity index (χ0n) is 48.9. The summed E-state index contributed by atoms with van der Waals surface area (Å²) in [5.41, 5.74) is 0. The van der Waals surface area contributed by atoms with Crippen LogP contribution in [0.3, 0.4) is 0 Å². The van der Waals surface area contributed by atoms with E-state index in [0.29, 0.717) is 19.3 Å². The maximum absolute atomic E-state index is 12.8. The molecule has 0 aromatic rings. The van der Waals surface area contributed by atoms with Gasteiger partial charge in [0.05, 0.1) is 0 Å². The van der Waals surface area contributed by atoms with Crippen LogP contribution in [0.1, 0.15) is 342 Å². The summed E-state index contributed by atoms with van der Waals surface area (Å²) in [6.07, 6.45) is 77.4. The van der Waals surface area contributed by atoms with E-state index in [2.05, 4.69) is 69.4 Å². The maximum atomic E-state index is 12.8. The molecule has 0 bridgehead atoms. The molecule has 0 saturated heterocycles. The fraction of sp³-hybridized carbons (Fsp3) is 0.836. The van der Waals surface area contributed by atoms with Gasteiger partial charge in [0.15, 0.2) is 6.10 Å². The summed E-state index contributed by atoms with van der Waals surface area (Å²) < 4.78 is 16.8. The summed E-state index contributed by atoms with van der Waals surface area (Å²) in [7, 11) is 0. The van der Waals surface area contributed by atoms with Crippen molar-refractivity contribution in [2.75, 3.05) is 13.2 Å². The Kier molecular flexibility index (Phi) is 59.7. The SMILES string of the molecule is CCCCCCC/C=C\C/C=C\CCCCCCCCCCCCCCCCCC(=O)OCC(COC(=O)CCCCCCC)OC(=O)CCCCCCCCCCCCC/C=C\C/C=C\CCCCCCC. The van der Waals surface area contributed by atoms with Gasteiger partial charge in [-0.2, -0.15) is 0 Å². The number of carbonyl (C=O) groups is 3. The summed E-state index contributed by atoms with van der Waals surface area (Å²) in [6, 6.07) is 0. The van der Waals surface area contributed by atoms with E-state index < -0.39 is 6.10 Å². The molecule has 426 valence electrons. The lowest BCUT2D eigenvalue weighted by molar-refractivity contribution is -0.167. The molecule has 0 N–H and O–H groups in total. The second-order valence-electron chi connectivity index (χ2n) is 21.7. The number of allylic oxidation sites excluding steroid dienone is 8. The third-order valence-corrected chi connectivity index (χ3v) is 14.3. The number of carbonyl (C=O) groups excluding carboxylic acids is 3. The molecule has 0 radical (unpaired) electrons. The predicted octanol–water partition coefficient (Wildman–Crippen LogP) is 21.8. The van der Waals surface area contributed by atoms with E-state index in [0.717, 1.165) is 77.0 Å². The lowest BCUT2D eigenvalue weighted by atomic mass is 10.0. The van der Waals surface area contributed by atoms with Gasteiger partial charge < -0.3 is 14.2 Å². The zero-order valence-corrected chi connectivity index (χ0v) is 48.9. The molecule has 1 unspecified atom stereocenters. The molecule has 0 heterocycles. The first kappa shape index (κ1) is 70.4. The van der Waals surface area contributed by atoms with Crippen LogP contribution >= 0.6 is 0 Å². The maximum Gasteiger partial charge on any atom is 0.306 e. The van der Waals surface area contributed by atoms with Gasteiger partial charge in [-0.15, -0.1) is 0 Å². The molecule has 6 nitrogen and oxygen atoms in total. The van der Waals surface area contributed by atoms with Crippen molar-refractivity contribution < 1.29 is 28.6 Å². The summed E-state index contributed by atoms with van der Waals surface area (Å²) in [5, 5.41) is 0. The largest absolute Gasteiger partial charge is 0.462 e. The average molecular weight is 1020 g/mol. The van der Waals surface area contributed by atoms with Crippen LogP contribution in [-0.2, 0) is 28.6 Å². The second kappa shape index (κ2) is 61.9. The second-order valence-corrected chi connectivity index (χ2v) is 21.7. The number of ether oxygens (including phenoxy) is 3. The van der Waals surface area contributed by atoms with Crippen molar-refractivity contribution >= 4 is 17.9 Å². The van der Waals surface area contributed by atoms with E-state index >= 15 is 0 Å². The lowest BCUT2D eigenvalue weighted by Gasteiger charge is -2.18. The molecule has 0 saturated carbocycles. The van der Waals surface area contributed by atoms with Crippen molar-refractivity contribution in [2.45, 2.75) is 348 Å². The Labute approximate surface area is 454 Å². The molecular formula is C67H122O6. The highest BCUT2D eigenvalue weighted by Crippen LogP contribution is 2.17. The molecule has 0 amide bonds. The lowest BCUT2D eigenvalue weighted by Crippen LogP contribution is -2.30. The molecule has 73 heavy (non-hydrogen) atoms. The van der Waals surface area contributed by atoms with Crippen molar-refractivity contribution in [3.63, 3.8) is 0 Å². The molecule has 0 aliphatic carbocycles. The van der Waals surface area contributed by atoms with Crippen molar-refractivity contribution in [1.82, 2.24) is 0 Å². The van der Waals surface area contributed by atoms with Crippen LogP contribution in [0, 0.1) is 0 Å². The van der Waals surface area contributed by atoms with Crippen LogP contribution in [0.15, 0.2) is 48.6 Å². The molecule has 0 aliphatic rings. The quantitative estimate of drug-likeness (QED) is 0.0261. The van der Waals surface area contributed by atoms with Crippen LogP contribution in [0.4, 0.5) is 0 Å². The first-order valence-corrected chi connectivity index (χ1v) is 32.1. The van der Waals surface area contributed by atoms with E-state index in [1.165, 1.54) is 225 Å². The van der Waals surface area contributed by atoms with Crippen molar-refractivity contribution in [3.8, 4) is 0 Å². The fourth-order valence-corrected chi connectivity index (χ4v) is 9.45. The molecule has 0 aliphatic heterocycles. The monoisotopic (exact) mass is 1020 g/mol.